The highest BCUT2D eigenvalue weighted by Gasteiger charge is 2.47. The number of benzene rings is 2. The Morgan fingerprint density at radius 2 is 1.79 bits per heavy atom. The molecule has 1 unspecified atom stereocenters. The number of nitrogens with zero attached hydrogens (tertiary/aromatic N) is 2. The van der Waals surface area contributed by atoms with Gasteiger partial charge in [0.2, 0.25) is 0 Å². The molecule has 0 radical (unpaired) electrons. The molecule has 0 spiro atoms. The molecule has 29 heavy (non-hydrogen) atoms. The molecular formula is C21H14N2O5S. The van der Waals surface area contributed by atoms with Crippen molar-refractivity contribution in [3.05, 3.63) is 98.2 Å². The molecule has 2 aromatic carbocycles. The maximum absolute atomic E-state index is 12.9. The Labute approximate surface area is 169 Å². The SMILES string of the molecule is O=C1C(=O)N(c2ccccc2)C(c2cccs2)/C1=C(/O)c1cccc([N+](=O)[O-])c1. The predicted octanol–water partition coefficient (Wildman–Crippen LogP) is 4.28. The second-order valence-corrected chi connectivity index (χ2v) is 7.31. The maximum Gasteiger partial charge on any atom is 0.300 e. The highest BCUT2D eigenvalue weighted by atomic mass is 32.1. The maximum atomic E-state index is 12.9. The van der Waals surface area contributed by atoms with Crippen molar-refractivity contribution in [1.82, 2.24) is 0 Å². The average Bonchev–Trinajstić information content (AvgIpc) is 3.35. The lowest BCUT2D eigenvalue weighted by Gasteiger charge is -2.24. The molecule has 1 aliphatic heterocycles. The fourth-order valence-corrected chi connectivity index (χ4v) is 4.15. The van der Waals surface area contributed by atoms with Crippen LogP contribution in [0.15, 0.2) is 77.7 Å². The van der Waals surface area contributed by atoms with Crippen molar-refractivity contribution in [3.8, 4) is 0 Å². The molecule has 1 fully saturated rings. The van der Waals surface area contributed by atoms with E-state index in [1.165, 1.54) is 40.5 Å². The summed E-state index contributed by atoms with van der Waals surface area (Å²) in [6.07, 6.45) is 0. The molecular weight excluding hydrogens is 392 g/mol. The van der Waals surface area contributed by atoms with Gasteiger partial charge in [0.25, 0.3) is 17.4 Å². The molecule has 3 aromatic rings. The van der Waals surface area contributed by atoms with Crippen LogP contribution in [0.3, 0.4) is 0 Å². The van der Waals surface area contributed by atoms with Crippen LogP contribution in [0.2, 0.25) is 0 Å². The highest BCUT2D eigenvalue weighted by molar-refractivity contribution is 7.10. The Kier molecular flexibility index (Phi) is 4.69. The van der Waals surface area contributed by atoms with Crippen LogP contribution in [-0.2, 0) is 9.59 Å². The van der Waals surface area contributed by atoms with Gasteiger partial charge in [-0.3, -0.25) is 24.6 Å². The summed E-state index contributed by atoms with van der Waals surface area (Å²) in [5.74, 6) is -2.04. The summed E-state index contributed by atoms with van der Waals surface area (Å²) >= 11 is 1.35. The molecule has 0 bridgehead atoms. The Bertz CT molecular complexity index is 1140. The quantitative estimate of drug-likeness (QED) is 0.229. The van der Waals surface area contributed by atoms with Crippen LogP contribution >= 0.6 is 11.3 Å². The number of anilines is 1. The number of carbonyl (C=O) groups is 2. The molecule has 4 rings (SSSR count). The molecule has 1 atom stereocenters. The number of Topliss-reactive ketones (excluding diaryl/α,β-unsaturated/α-hetero) is 1. The Morgan fingerprint density at radius 1 is 1.03 bits per heavy atom. The number of carbonyl (C=O) groups excluding carboxylic acids is 2. The van der Waals surface area contributed by atoms with E-state index in [9.17, 15) is 24.8 Å². The number of nitro benzene ring substituents is 1. The minimum absolute atomic E-state index is 0.0956. The van der Waals surface area contributed by atoms with E-state index in [4.69, 9.17) is 0 Å². The van der Waals surface area contributed by atoms with Crippen LogP contribution in [0.25, 0.3) is 5.76 Å². The van der Waals surface area contributed by atoms with Gasteiger partial charge in [-0.15, -0.1) is 11.3 Å². The molecule has 1 amide bonds. The molecule has 1 saturated heterocycles. The standard InChI is InChI=1S/C21H14N2O5S/c24-19(13-6-4-9-15(12-13)23(27)28)17-18(16-10-5-11-29-16)22(21(26)20(17)25)14-7-2-1-3-8-14/h1-12,18,24H/b19-17-. The van der Waals surface area contributed by atoms with Gasteiger partial charge in [-0.25, -0.2) is 0 Å². The van der Waals surface area contributed by atoms with E-state index in [0.717, 1.165) is 0 Å². The largest absolute Gasteiger partial charge is 0.507 e. The number of para-hydroxylation sites is 1. The Morgan fingerprint density at radius 3 is 2.45 bits per heavy atom. The number of aliphatic hydroxyl groups excluding tert-OH is 1. The third-order valence-electron chi connectivity index (χ3n) is 4.62. The summed E-state index contributed by atoms with van der Waals surface area (Å²) < 4.78 is 0. The summed E-state index contributed by atoms with van der Waals surface area (Å²) in [6.45, 7) is 0. The molecule has 1 aromatic heterocycles. The first-order valence-corrected chi connectivity index (χ1v) is 9.51. The first kappa shape index (κ1) is 18.6. The Hall–Kier alpha value is -3.78. The number of rotatable bonds is 4. The summed E-state index contributed by atoms with van der Waals surface area (Å²) in [6, 6.07) is 16.8. The number of ketones is 1. The van der Waals surface area contributed by atoms with Crippen LogP contribution in [-0.4, -0.2) is 21.7 Å². The highest BCUT2D eigenvalue weighted by Crippen LogP contribution is 2.43. The van der Waals surface area contributed by atoms with Gasteiger partial charge in [0.05, 0.1) is 10.5 Å². The zero-order valence-corrected chi connectivity index (χ0v) is 15.7. The number of amides is 1. The van der Waals surface area contributed by atoms with Crippen molar-refractivity contribution < 1.29 is 19.6 Å². The van der Waals surface area contributed by atoms with Crippen LogP contribution < -0.4 is 4.90 Å². The molecule has 8 heteroatoms. The van der Waals surface area contributed by atoms with Crippen molar-refractivity contribution in [1.29, 1.82) is 0 Å². The van der Waals surface area contributed by atoms with Crippen LogP contribution in [0, 0.1) is 10.1 Å². The smallest absolute Gasteiger partial charge is 0.300 e. The Balaban J connectivity index is 1.92. The summed E-state index contributed by atoms with van der Waals surface area (Å²) in [7, 11) is 0. The topological polar surface area (TPSA) is 101 Å². The van der Waals surface area contributed by atoms with Gasteiger partial charge >= 0.3 is 0 Å². The van der Waals surface area contributed by atoms with Crippen LogP contribution in [0.4, 0.5) is 11.4 Å². The zero-order chi connectivity index (χ0) is 20.5. The fourth-order valence-electron chi connectivity index (χ4n) is 3.33. The predicted molar refractivity (Wildman–Crippen MR) is 109 cm³/mol. The van der Waals surface area contributed by atoms with Gasteiger partial charge in [-0.2, -0.15) is 0 Å². The third-order valence-corrected chi connectivity index (χ3v) is 5.55. The second kappa shape index (κ2) is 7.33. The van der Waals surface area contributed by atoms with Gasteiger partial charge in [-0.1, -0.05) is 36.4 Å². The van der Waals surface area contributed by atoms with Crippen molar-refractivity contribution in [2.45, 2.75) is 6.04 Å². The fraction of sp³-hybridized carbons (Fsp3) is 0.0476. The number of nitro groups is 1. The lowest BCUT2D eigenvalue weighted by Crippen LogP contribution is -2.29. The van der Waals surface area contributed by atoms with Crippen LogP contribution in [0.5, 0.6) is 0 Å². The van der Waals surface area contributed by atoms with E-state index < -0.39 is 28.4 Å². The molecule has 1 aliphatic rings. The normalized spacial score (nSPS) is 18.2. The van der Waals surface area contributed by atoms with E-state index >= 15 is 0 Å². The van der Waals surface area contributed by atoms with E-state index in [-0.39, 0.29) is 16.8 Å². The van der Waals surface area contributed by atoms with E-state index in [0.29, 0.717) is 10.6 Å². The molecule has 0 saturated carbocycles. The summed E-state index contributed by atoms with van der Waals surface area (Å²) in [5.41, 5.74) is 0.304. The first-order valence-electron chi connectivity index (χ1n) is 8.63. The van der Waals surface area contributed by atoms with Gasteiger partial charge in [0.1, 0.15) is 11.8 Å². The van der Waals surface area contributed by atoms with E-state index in [1.807, 2.05) is 5.38 Å². The van der Waals surface area contributed by atoms with Gasteiger partial charge in [0.15, 0.2) is 0 Å². The van der Waals surface area contributed by atoms with Crippen molar-refractivity contribution >= 4 is 40.2 Å². The van der Waals surface area contributed by atoms with Gasteiger partial charge in [0, 0.05) is 28.3 Å². The number of hydrogen-bond acceptors (Lipinski definition) is 6. The summed E-state index contributed by atoms with van der Waals surface area (Å²) in [4.78, 5) is 38.3. The minimum atomic E-state index is -0.837. The van der Waals surface area contributed by atoms with E-state index in [2.05, 4.69) is 0 Å². The van der Waals surface area contributed by atoms with Gasteiger partial charge in [-0.05, 0) is 23.6 Å². The number of aliphatic hydroxyl groups is 1. The molecule has 1 N–H and O–H groups in total. The van der Waals surface area contributed by atoms with Crippen LogP contribution in [0.1, 0.15) is 16.5 Å². The van der Waals surface area contributed by atoms with Gasteiger partial charge < -0.3 is 5.11 Å². The molecule has 144 valence electrons. The third kappa shape index (κ3) is 3.19. The average molecular weight is 406 g/mol. The minimum Gasteiger partial charge on any atom is -0.507 e. The summed E-state index contributed by atoms with van der Waals surface area (Å²) in [5, 5.41) is 23.8. The molecule has 2 heterocycles. The second-order valence-electron chi connectivity index (χ2n) is 6.33. The first-order chi connectivity index (χ1) is 14.0. The molecule has 0 aliphatic carbocycles. The number of hydrogen-bond donors (Lipinski definition) is 1. The van der Waals surface area contributed by atoms with E-state index in [1.54, 1.807) is 42.5 Å². The monoisotopic (exact) mass is 406 g/mol. The lowest BCUT2D eigenvalue weighted by atomic mass is 9.99. The molecule has 7 nitrogen and oxygen atoms in total. The van der Waals surface area contributed by atoms with Crippen molar-refractivity contribution in [2.24, 2.45) is 0 Å². The van der Waals surface area contributed by atoms with Crippen molar-refractivity contribution in [2.75, 3.05) is 4.90 Å². The zero-order valence-electron chi connectivity index (χ0n) is 14.9. The lowest BCUT2D eigenvalue weighted by molar-refractivity contribution is -0.384. The number of thiophene rings is 1. The van der Waals surface area contributed by atoms with Crippen molar-refractivity contribution in [3.63, 3.8) is 0 Å². The number of non-ortho nitro benzene ring substituents is 1.